The number of hydrogen-bond acceptors (Lipinski definition) is 7. The minimum absolute atomic E-state index is 0.00595. The summed E-state index contributed by atoms with van der Waals surface area (Å²) in [6.45, 7) is 4.58. The van der Waals surface area contributed by atoms with Crippen molar-refractivity contribution >= 4 is 55.7 Å². The van der Waals surface area contributed by atoms with Crippen LogP contribution in [0.25, 0.3) is 16.0 Å². The van der Waals surface area contributed by atoms with E-state index in [0.29, 0.717) is 45.6 Å². The summed E-state index contributed by atoms with van der Waals surface area (Å²) in [7, 11) is 0. The summed E-state index contributed by atoms with van der Waals surface area (Å²) < 4.78 is 12.3. The Morgan fingerprint density at radius 2 is 1.95 bits per heavy atom. The number of carbonyl (C=O) groups excluding carboxylic acids is 2. The smallest absolute Gasteiger partial charge is 0.301 e. The van der Waals surface area contributed by atoms with Gasteiger partial charge >= 0.3 is 5.91 Å². The molecule has 2 aliphatic rings. The number of ketones is 1. The second-order valence-electron chi connectivity index (χ2n) is 9.65. The summed E-state index contributed by atoms with van der Waals surface area (Å²) in [5, 5.41) is 12.4. The number of hydrogen-bond donors (Lipinski definition) is 1. The Balaban J connectivity index is 1.49. The van der Waals surface area contributed by atoms with Crippen LogP contribution in [0.3, 0.4) is 0 Å². The van der Waals surface area contributed by atoms with Crippen molar-refractivity contribution in [2.24, 2.45) is 0 Å². The Bertz CT molecular complexity index is 1650. The molecule has 39 heavy (non-hydrogen) atoms. The summed E-state index contributed by atoms with van der Waals surface area (Å²) in [6.07, 6.45) is 1.60. The van der Waals surface area contributed by atoms with Gasteiger partial charge in [-0.15, -0.1) is 0 Å². The number of carbonyl (C=O) groups is 2. The first-order chi connectivity index (χ1) is 18.8. The number of halogens is 1. The average molecular weight is 561 g/mol. The number of aromatic nitrogens is 1. The first-order valence-electron chi connectivity index (χ1n) is 12.7. The molecule has 0 radical (unpaired) electrons. The highest BCUT2D eigenvalue weighted by molar-refractivity contribution is 7.22. The van der Waals surface area contributed by atoms with E-state index in [1.54, 1.807) is 42.5 Å². The SMILES string of the molecule is CCCOc1ccc([C@H]2C(=C(O)c3ccc4c(c3)C[C@H](C)O4)C(=O)C(=O)N2c2nc3ccc(Cl)cc3s2)cc1. The summed E-state index contributed by atoms with van der Waals surface area (Å²) in [4.78, 5) is 33.1. The fourth-order valence-electron chi connectivity index (χ4n) is 5.03. The van der Waals surface area contributed by atoms with Gasteiger partial charge in [-0.1, -0.05) is 42.0 Å². The maximum absolute atomic E-state index is 13.5. The Hall–Kier alpha value is -3.88. The number of aliphatic hydroxyl groups excluding tert-OH is 1. The number of amides is 1. The Labute approximate surface area is 234 Å². The number of aliphatic hydroxyl groups is 1. The minimum Gasteiger partial charge on any atom is -0.507 e. The number of benzene rings is 3. The number of ether oxygens (including phenoxy) is 2. The van der Waals surface area contributed by atoms with Crippen molar-refractivity contribution in [3.8, 4) is 11.5 Å². The van der Waals surface area contributed by atoms with Crippen LogP contribution in [0.2, 0.25) is 5.02 Å². The molecule has 3 heterocycles. The fourth-order valence-corrected chi connectivity index (χ4v) is 6.29. The third-order valence-electron chi connectivity index (χ3n) is 6.83. The molecule has 1 aromatic heterocycles. The quantitative estimate of drug-likeness (QED) is 0.161. The van der Waals surface area contributed by atoms with E-state index in [1.807, 2.05) is 32.0 Å². The van der Waals surface area contributed by atoms with E-state index in [2.05, 4.69) is 4.98 Å². The van der Waals surface area contributed by atoms with Gasteiger partial charge in [-0.25, -0.2) is 4.98 Å². The lowest BCUT2D eigenvalue weighted by Crippen LogP contribution is -2.29. The van der Waals surface area contributed by atoms with Gasteiger partial charge in [0, 0.05) is 17.0 Å². The number of Topliss-reactive ketones (excluding diaryl/α,β-unsaturated/α-hetero) is 1. The molecule has 6 rings (SSSR count). The maximum Gasteiger partial charge on any atom is 0.301 e. The third kappa shape index (κ3) is 4.53. The summed E-state index contributed by atoms with van der Waals surface area (Å²) in [5.41, 5.74) is 2.71. The average Bonchev–Trinajstić information content (AvgIpc) is 3.59. The molecular weight excluding hydrogens is 536 g/mol. The topological polar surface area (TPSA) is 89.0 Å². The molecule has 3 aromatic carbocycles. The summed E-state index contributed by atoms with van der Waals surface area (Å²) in [6, 6.07) is 16.9. The molecule has 2 aliphatic heterocycles. The van der Waals surface area contributed by atoms with E-state index in [9.17, 15) is 14.7 Å². The van der Waals surface area contributed by atoms with E-state index in [0.717, 1.165) is 22.4 Å². The molecule has 0 unspecified atom stereocenters. The van der Waals surface area contributed by atoms with Crippen LogP contribution in [0.4, 0.5) is 5.13 Å². The molecule has 0 bridgehead atoms. The van der Waals surface area contributed by atoms with Gasteiger partial charge in [0.1, 0.15) is 23.4 Å². The van der Waals surface area contributed by atoms with Crippen molar-refractivity contribution in [1.29, 1.82) is 0 Å². The first-order valence-corrected chi connectivity index (χ1v) is 13.9. The van der Waals surface area contributed by atoms with Gasteiger partial charge in [0.25, 0.3) is 5.78 Å². The van der Waals surface area contributed by atoms with Crippen LogP contribution in [0.1, 0.15) is 43.0 Å². The maximum atomic E-state index is 13.5. The van der Waals surface area contributed by atoms with Crippen molar-refractivity contribution < 1.29 is 24.2 Å². The molecule has 7 nitrogen and oxygen atoms in total. The molecular formula is C30H25ClN2O5S. The first kappa shape index (κ1) is 25.4. The Morgan fingerprint density at radius 1 is 1.15 bits per heavy atom. The molecule has 0 spiro atoms. The minimum atomic E-state index is -0.885. The largest absolute Gasteiger partial charge is 0.507 e. The highest BCUT2D eigenvalue weighted by atomic mass is 35.5. The molecule has 0 saturated carbocycles. The van der Waals surface area contributed by atoms with E-state index < -0.39 is 17.7 Å². The highest BCUT2D eigenvalue weighted by Crippen LogP contribution is 2.45. The van der Waals surface area contributed by atoms with E-state index >= 15 is 0 Å². The molecule has 2 atom stereocenters. The van der Waals surface area contributed by atoms with Gasteiger partial charge in [0.05, 0.1) is 28.4 Å². The standard InChI is InChI=1S/C30H25ClN2O5S/c1-3-12-37-21-8-4-17(5-9-21)26-25(27(34)18-6-11-23-19(14-18)13-16(2)38-23)28(35)29(36)33(26)30-32-22-10-7-20(31)15-24(22)39-30/h4-11,14-16,26,34H,3,12-13H2,1-2H3/t16-,26-/m0/s1. The van der Waals surface area contributed by atoms with Crippen LogP contribution in [-0.2, 0) is 16.0 Å². The number of thiazole rings is 1. The van der Waals surface area contributed by atoms with Crippen molar-refractivity contribution in [3.63, 3.8) is 0 Å². The monoisotopic (exact) mass is 560 g/mol. The third-order valence-corrected chi connectivity index (χ3v) is 8.08. The van der Waals surface area contributed by atoms with Crippen molar-refractivity contribution in [3.05, 3.63) is 87.9 Å². The molecule has 1 fully saturated rings. The Kier molecular flexibility index (Phi) is 6.53. The zero-order chi connectivity index (χ0) is 27.3. The van der Waals surface area contributed by atoms with Gasteiger partial charge in [-0.2, -0.15) is 0 Å². The lowest BCUT2D eigenvalue weighted by Gasteiger charge is -2.23. The van der Waals surface area contributed by atoms with E-state index in [1.165, 1.54) is 16.2 Å². The molecule has 1 amide bonds. The second-order valence-corrected chi connectivity index (χ2v) is 11.1. The molecule has 0 aliphatic carbocycles. The lowest BCUT2D eigenvalue weighted by atomic mass is 9.94. The van der Waals surface area contributed by atoms with Gasteiger partial charge in [0.15, 0.2) is 5.13 Å². The van der Waals surface area contributed by atoms with Gasteiger partial charge < -0.3 is 14.6 Å². The Morgan fingerprint density at radius 3 is 2.72 bits per heavy atom. The number of fused-ring (bicyclic) bond motifs is 2. The van der Waals surface area contributed by atoms with Crippen molar-refractivity contribution in [2.75, 3.05) is 11.5 Å². The normalized spacial score (nSPS) is 19.9. The number of rotatable bonds is 6. The number of nitrogens with zero attached hydrogens (tertiary/aromatic N) is 2. The van der Waals surface area contributed by atoms with Crippen molar-refractivity contribution in [2.45, 2.75) is 38.8 Å². The molecule has 9 heteroatoms. The van der Waals surface area contributed by atoms with E-state index in [4.69, 9.17) is 21.1 Å². The predicted octanol–water partition coefficient (Wildman–Crippen LogP) is 6.69. The van der Waals surface area contributed by atoms with Crippen molar-refractivity contribution in [1.82, 2.24) is 4.98 Å². The molecule has 198 valence electrons. The predicted molar refractivity (Wildman–Crippen MR) is 152 cm³/mol. The van der Waals surface area contributed by atoms with Crippen LogP contribution >= 0.6 is 22.9 Å². The highest BCUT2D eigenvalue weighted by Gasteiger charge is 2.48. The van der Waals surface area contributed by atoms with Crippen LogP contribution in [0, 0.1) is 0 Å². The zero-order valence-corrected chi connectivity index (χ0v) is 22.9. The molecule has 1 saturated heterocycles. The van der Waals surface area contributed by atoms with Crippen LogP contribution in [0.15, 0.2) is 66.2 Å². The summed E-state index contributed by atoms with van der Waals surface area (Å²) >= 11 is 7.44. The van der Waals surface area contributed by atoms with Crippen LogP contribution < -0.4 is 14.4 Å². The zero-order valence-electron chi connectivity index (χ0n) is 21.3. The second kappa shape index (κ2) is 10.0. The number of anilines is 1. The van der Waals surface area contributed by atoms with Crippen LogP contribution in [0.5, 0.6) is 11.5 Å². The van der Waals surface area contributed by atoms with Crippen LogP contribution in [-0.4, -0.2) is 34.5 Å². The van der Waals surface area contributed by atoms with Gasteiger partial charge in [-0.3, -0.25) is 14.5 Å². The fraction of sp³-hybridized carbons (Fsp3) is 0.233. The van der Waals surface area contributed by atoms with Gasteiger partial charge in [0.2, 0.25) is 0 Å². The lowest BCUT2D eigenvalue weighted by molar-refractivity contribution is -0.132. The molecule has 1 N–H and O–H groups in total. The summed E-state index contributed by atoms with van der Waals surface area (Å²) in [5.74, 6) is -0.326. The van der Waals surface area contributed by atoms with E-state index in [-0.39, 0.29) is 17.4 Å². The molecule has 4 aromatic rings. The van der Waals surface area contributed by atoms with Gasteiger partial charge in [-0.05, 0) is 73.0 Å².